The molecule has 0 saturated heterocycles. The zero-order chi connectivity index (χ0) is 13.8. The Morgan fingerprint density at radius 1 is 1.11 bits per heavy atom. The first-order valence-electron chi connectivity index (χ1n) is 6.00. The molecule has 100 valence electrons. The van der Waals surface area contributed by atoms with E-state index in [0.717, 1.165) is 17.7 Å². The average Bonchev–Trinajstić information content (AvgIpc) is 2.42. The number of halogens is 2. The summed E-state index contributed by atoms with van der Waals surface area (Å²) < 4.78 is 26.9. The second-order valence-corrected chi connectivity index (χ2v) is 4.39. The third-order valence-corrected chi connectivity index (χ3v) is 2.92. The number of hydrogen-bond acceptors (Lipinski definition) is 2. The van der Waals surface area contributed by atoms with E-state index < -0.39 is 17.7 Å². The number of rotatable bonds is 4. The summed E-state index contributed by atoms with van der Waals surface area (Å²) in [5.41, 5.74) is 1.03. The Morgan fingerprint density at radius 2 is 1.79 bits per heavy atom. The molecule has 2 N–H and O–H groups in total. The molecule has 0 bridgehead atoms. The van der Waals surface area contributed by atoms with Crippen molar-refractivity contribution >= 4 is 5.69 Å². The van der Waals surface area contributed by atoms with Crippen molar-refractivity contribution in [3.63, 3.8) is 0 Å². The summed E-state index contributed by atoms with van der Waals surface area (Å²) in [4.78, 5) is 0. The van der Waals surface area contributed by atoms with Crippen molar-refractivity contribution < 1.29 is 13.9 Å². The molecule has 0 heterocycles. The zero-order valence-electron chi connectivity index (χ0n) is 10.5. The highest BCUT2D eigenvalue weighted by atomic mass is 19.1. The van der Waals surface area contributed by atoms with Gasteiger partial charge in [0.15, 0.2) is 0 Å². The van der Waals surface area contributed by atoms with E-state index in [4.69, 9.17) is 0 Å². The Bertz CT molecular complexity index is 558. The summed E-state index contributed by atoms with van der Waals surface area (Å²) in [5.74, 6) is -1.00. The lowest BCUT2D eigenvalue weighted by atomic mass is 10.1. The molecule has 1 unspecified atom stereocenters. The second-order valence-electron chi connectivity index (χ2n) is 4.39. The predicted octanol–water partition coefficient (Wildman–Crippen LogP) is 3.42. The number of nitrogens with one attached hydrogen (secondary N) is 1. The van der Waals surface area contributed by atoms with E-state index in [1.807, 2.05) is 18.2 Å². The van der Waals surface area contributed by atoms with Gasteiger partial charge in [0, 0.05) is 12.6 Å². The lowest BCUT2D eigenvalue weighted by Crippen LogP contribution is -2.13. The van der Waals surface area contributed by atoms with E-state index in [9.17, 15) is 13.9 Å². The molecule has 2 aromatic carbocycles. The van der Waals surface area contributed by atoms with E-state index in [0.29, 0.717) is 0 Å². The van der Waals surface area contributed by atoms with Gasteiger partial charge in [0.25, 0.3) is 0 Å². The van der Waals surface area contributed by atoms with Gasteiger partial charge in [-0.05, 0) is 24.1 Å². The van der Waals surface area contributed by atoms with Gasteiger partial charge in [0.2, 0.25) is 0 Å². The summed E-state index contributed by atoms with van der Waals surface area (Å²) in [7, 11) is 0. The summed E-state index contributed by atoms with van der Waals surface area (Å²) >= 11 is 0. The van der Waals surface area contributed by atoms with E-state index in [2.05, 4.69) is 5.32 Å². The lowest BCUT2D eigenvalue weighted by Gasteiger charge is -2.14. The number of aliphatic hydroxyl groups is 1. The van der Waals surface area contributed by atoms with Gasteiger partial charge in [-0.3, -0.25) is 0 Å². The molecule has 2 nitrogen and oxygen atoms in total. The normalized spacial score (nSPS) is 12.2. The average molecular weight is 263 g/mol. The summed E-state index contributed by atoms with van der Waals surface area (Å²) in [5, 5.41) is 12.6. The van der Waals surface area contributed by atoms with E-state index in [1.54, 1.807) is 12.1 Å². The molecule has 2 rings (SSSR count). The minimum absolute atomic E-state index is 0.0538. The smallest absolute Gasteiger partial charge is 0.146 e. The van der Waals surface area contributed by atoms with Crippen LogP contribution in [0.4, 0.5) is 14.5 Å². The first kappa shape index (κ1) is 13.5. The van der Waals surface area contributed by atoms with E-state index in [-0.39, 0.29) is 17.8 Å². The molecule has 1 atom stereocenters. The monoisotopic (exact) mass is 263 g/mol. The molecule has 0 aliphatic heterocycles. The van der Waals surface area contributed by atoms with Crippen LogP contribution in [0.25, 0.3) is 0 Å². The summed E-state index contributed by atoms with van der Waals surface area (Å²) in [6, 6.07) is 11.2. The molecule has 0 radical (unpaired) electrons. The van der Waals surface area contributed by atoms with Gasteiger partial charge in [-0.25, -0.2) is 8.78 Å². The third kappa shape index (κ3) is 3.29. The maximum absolute atomic E-state index is 13.6. The zero-order valence-corrected chi connectivity index (χ0v) is 10.5. The first-order chi connectivity index (χ1) is 9.08. The molecule has 19 heavy (non-hydrogen) atoms. The van der Waals surface area contributed by atoms with Crippen LogP contribution in [0.3, 0.4) is 0 Å². The molecule has 2 aromatic rings. The highest BCUT2D eigenvalue weighted by molar-refractivity contribution is 5.47. The Kier molecular flexibility index (Phi) is 4.12. The van der Waals surface area contributed by atoms with E-state index in [1.165, 1.54) is 6.92 Å². The fraction of sp³-hybridized carbons (Fsp3) is 0.200. The fourth-order valence-corrected chi connectivity index (χ4v) is 1.78. The maximum atomic E-state index is 13.6. The maximum Gasteiger partial charge on any atom is 0.146 e. The van der Waals surface area contributed by atoms with Crippen LogP contribution < -0.4 is 5.32 Å². The lowest BCUT2D eigenvalue weighted by molar-refractivity contribution is 0.191. The number of anilines is 1. The number of hydrogen-bond donors (Lipinski definition) is 2. The molecule has 0 aliphatic carbocycles. The standard InChI is InChI=1S/C15H15F2NO/c1-10-7-13(17)14(8-12(10)16)18-9-15(19)11-5-3-2-4-6-11/h2-8,15,18-19H,9H2,1H3. The van der Waals surface area contributed by atoms with Crippen molar-refractivity contribution in [2.45, 2.75) is 13.0 Å². The SMILES string of the molecule is Cc1cc(F)c(NCC(O)c2ccccc2)cc1F. The molecule has 0 amide bonds. The molecular formula is C15H15F2NO. The van der Waals surface area contributed by atoms with Crippen LogP contribution in [0, 0.1) is 18.6 Å². The van der Waals surface area contributed by atoms with Crippen molar-refractivity contribution in [3.8, 4) is 0 Å². The molecule has 0 aliphatic rings. The topological polar surface area (TPSA) is 32.3 Å². The molecule has 0 aromatic heterocycles. The van der Waals surface area contributed by atoms with Crippen molar-refractivity contribution in [1.29, 1.82) is 0 Å². The van der Waals surface area contributed by atoms with Crippen molar-refractivity contribution in [2.24, 2.45) is 0 Å². The largest absolute Gasteiger partial charge is 0.387 e. The van der Waals surface area contributed by atoms with Crippen LogP contribution in [0.2, 0.25) is 0 Å². The van der Waals surface area contributed by atoms with Crippen molar-refractivity contribution in [2.75, 3.05) is 11.9 Å². The molecule has 0 spiro atoms. The van der Waals surface area contributed by atoms with Gasteiger partial charge in [0.05, 0.1) is 11.8 Å². The van der Waals surface area contributed by atoms with Gasteiger partial charge in [-0.1, -0.05) is 30.3 Å². The van der Waals surface area contributed by atoms with Crippen LogP contribution in [-0.2, 0) is 0 Å². The second kappa shape index (κ2) is 5.80. The van der Waals surface area contributed by atoms with Gasteiger partial charge in [0.1, 0.15) is 11.6 Å². The highest BCUT2D eigenvalue weighted by Crippen LogP contribution is 2.20. The molecule has 0 fully saturated rings. The Labute approximate surface area is 110 Å². The minimum atomic E-state index is -0.773. The molecular weight excluding hydrogens is 248 g/mol. The third-order valence-electron chi connectivity index (χ3n) is 2.92. The number of benzene rings is 2. The van der Waals surface area contributed by atoms with Crippen molar-refractivity contribution in [1.82, 2.24) is 0 Å². The number of aliphatic hydroxyl groups excluding tert-OH is 1. The van der Waals surface area contributed by atoms with Crippen LogP contribution in [0.5, 0.6) is 0 Å². The van der Waals surface area contributed by atoms with Gasteiger partial charge in [-0.2, -0.15) is 0 Å². The summed E-state index contributed by atoms with van der Waals surface area (Å²) in [6.07, 6.45) is -0.773. The van der Waals surface area contributed by atoms with Gasteiger partial charge >= 0.3 is 0 Å². The van der Waals surface area contributed by atoms with E-state index >= 15 is 0 Å². The Balaban J connectivity index is 2.05. The number of aryl methyl sites for hydroxylation is 1. The minimum Gasteiger partial charge on any atom is -0.387 e. The quantitative estimate of drug-likeness (QED) is 0.886. The van der Waals surface area contributed by atoms with Crippen LogP contribution in [-0.4, -0.2) is 11.7 Å². The highest BCUT2D eigenvalue weighted by Gasteiger charge is 2.10. The van der Waals surface area contributed by atoms with Crippen LogP contribution >= 0.6 is 0 Å². The summed E-state index contributed by atoms with van der Waals surface area (Å²) in [6.45, 7) is 1.62. The predicted molar refractivity (Wildman–Crippen MR) is 71.0 cm³/mol. The van der Waals surface area contributed by atoms with Crippen LogP contribution in [0.1, 0.15) is 17.2 Å². The van der Waals surface area contributed by atoms with Gasteiger partial charge in [-0.15, -0.1) is 0 Å². The molecule has 4 heteroatoms. The van der Waals surface area contributed by atoms with Gasteiger partial charge < -0.3 is 10.4 Å². The van der Waals surface area contributed by atoms with Crippen LogP contribution in [0.15, 0.2) is 42.5 Å². The molecule has 0 saturated carbocycles. The fourth-order valence-electron chi connectivity index (χ4n) is 1.78. The first-order valence-corrected chi connectivity index (χ1v) is 6.00. The Hall–Kier alpha value is -1.94. The Morgan fingerprint density at radius 3 is 2.47 bits per heavy atom. The van der Waals surface area contributed by atoms with Crippen molar-refractivity contribution in [3.05, 3.63) is 65.2 Å².